The number of nitrogens with zero attached hydrogens (tertiary/aromatic N) is 3. The van der Waals surface area contributed by atoms with Gasteiger partial charge >= 0.3 is 0 Å². The number of nitrogens with one attached hydrogen (secondary N) is 1. The summed E-state index contributed by atoms with van der Waals surface area (Å²) in [5, 5.41) is 11.3. The first kappa shape index (κ1) is 17.2. The molecule has 0 saturated carbocycles. The molecule has 0 aliphatic heterocycles. The molecule has 0 spiro atoms. The Morgan fingerprint density at radius 3 is 2.72 bits per heavy atom. The van der Waals surface area contributed by atoms with Gasteiger partial charge in [0.2, 0.25) is 5.91 Å². The average molecular weight is 356 g/mol. The molecule has 1 aromatic heterocycles. The zero-order valence-electron chi connectivity index (χ0n) is 13.6. The van der Waals surface area contributed by atoms with Crippen LogP contribution in [0.5, 0.6) is 0 Å². The van der Waals surface area contributed by atoms with Gasteiger partial charge in [0, 0.05) is 17.8 Å². The molecule has 25 heavy (non-hydrogen) atoms. The number of thioether (sulfide) groups is 1. The van der Waals surface area contributed by atoms with Gasteiger partial charge in [0.25, 0.3) is 0 Å². The second kappa shape index (κ2) is 7.94. The molecule has 3 rings (SSSR count). The van der Waals surface area contributed by atoms with Crippen LogP contribution in [0.15, 0.2) is 60.0 Å². The van der Waals surface area contributed by atoms with E-state index in [0.717, 1.165) is 5.69 Å². The molecule has 128 valence electrons. The van der Waals surface area contributed by atoms with Crippen LogP contribution < -0.4 is 5.32 Å². The third kappa shape index (κ3) is 4.45. The van der Waals surface area contributed by atoms with Crippen molar-refractivity contribution in [2.24, 2.45) is 0 Å². The minimum atomic E-state index is -0.324. The van der Waals surface area contributed by atoms with Crippen molar-refractivity contribution in [2.75, 3.05) is 5.75 Å². The number of benzene rings is 2. The summed E-state index contributed by atoms with van der Waals surface area (Å²) in [6.45, 7) is 2.18. The number of aromatic nitrogens is 3. The Morgan fingerprint density at radius 1 is 1.20 bits per heavy atom. The molecule has 0 saturated heterocycles. The maximum Gasteiger partial charge on any atom is 0.230 e. The Labute approximate surface area is 149 Å². The molecule has 0 unspecified atom stereocenters. The summed E-state index contributed by atoms with van der Waals surface area (Å²) >= 11 is 1.28. The maximum absolute atomic E-state index is 13.5. The molecule has 0 fully saturated rings. The van der Waals surface area contributed by atoms with E-state index >= 15 is 0 Å². The lowest BCUT2D eigenvalue weighted by Crippen LogP contribution is -2.25. The van der Waals surface area contributed by atoms with Crippen LogP contribution >= 0.6 is 11.8 Å². The van der Waals surface area contributed by atoms with E-state index in [1.54, 1.807) is 24.5 Å². The first-order valence-electron chi connectivity index (χ1n) is 7.73. The topological polar surface area (TPSA) is 59.8 Å². The van der Waals surface area contributed by atoms with Crippen molar-refractivity contribution in [1.82, 2.24) is 20.1 Å². The normalized spacial score (nSPS) is 10.6. The zero-order valence-corrected chi connectivity index (χ0v) is 14.5. The summed E-state index contributed by atoms with van der Waals surface area (Å²) in [4.78, 5) is 12.0. The quantitative estimate of drug-likeness (QED) is 0.690. The summed E-state index contributed by atoms with van der Waals surface area (Å²) in [5.74, 6) is -0.333. The molecule has 0 radical (unpaired) electrons. The molecule has 7 heteroatoms. The minimum Gasteiger partial charge on any atom is -0.351 e. The van der Waals surface area contributed by atoms with Gasteiger partial charge in [0.1, 0.15) is 12.1 Å². The van der Waals surface area contributed by atoms with Gasteiger partial charge in [-0.15, -0.1) is 10.2 Å². The predicted molar refractivity (Wildman–Crippen MR) is 95.1 cm³/mol. The SMILES string of the molecule is Cc1ccc(-n2cnnc2SCC(=O)NCc2ccccc2F)cc1. The van der Waals surface area contributed by atoms with Gasteiger partial charge in [-0.05, 0) is 25.1 Å². The highest BCUT2D eigenvalue weighted by Crippen LogP contribution is 2.19. The Morgan fingerprint density at radius 2 is 1.96 bits per heavy atom. The summed E-state index contributed by atoms with van der Waals surface area (Å²) in [6.07, 6.45) is 1.62. The molecule has 0 aliphatic rings. The number of hydrogen-bond acceptors (Lipinski definition) is 4. The summed E-state index contributed by atoms with van der Waals surface area (Å²) < 4.78 is 15.4. The van der Waals surface area contributed by atoms with E-state index < -0.39 is 0 Å². The monoisotopic (exact) mass is 356 g/mol. The highest BCUT2D eigenvalue weighted by atomic mass is 32.2. The number of hydrogen-bond donors (Lipinski definition) is 1. The number of amides is 1. The van der Waals surface area contributed by atoms with Crippen molar-refractivity contribution in [3.63, 3.8) is 0 Å². The smallest absolute Gasteiger partial charge is 0.230 e. The average Bonchev–Trinajstić information content (AvgIpc) is 3.08. The highest BCUT2D eigenvalue weighted by Gasteiger charge is 2.10. The van der Waals surface area contributed by atoms with Crippen molar-refractivity contribution < 1.29 is 9.18 Å². The van der Waals surface area contributed by atoms with Crippen LogP contribution in [0.1, 0.15) is 11.1 Å². The highest BCUT2D eigenvalue weighted by molar-refractivity contribution is 7.99. The standard InChI is InChI=1S/C18H17FN4OS/c1-13-6-8-15(9-7-13)23-12-21-22-18(23)25-11-17(24)20-10-14-4-2-3-5-16(14)19/h2-9,12H,10-11H2,1H3,(H,20,24). The van der Waals surface area contributed by atoms with Crippen molar-refractivity contribution in [1.29, 1.82) is 0 Å². The fraction of sp³-hybridized carbons (Fsp3) is 0.167. The molecule has 0 aliphatic carbocycles. The van der Waals surface area contributed by atoms with Crippen LogP contribution in [0.25, 0.3) is 5.69 Å². The van der Waals surface area contributed by atoms with Crippen molar-refractivity contribution in [3.8, 4) is 5.69 Å². The van der Waals surface area contributed by atoms with Crippen LogP contribution in [0.4, 0.5) is 4.39 Å². The van der Waals surface area contributed by atoms with Gasteiger partial charge < -0.3 is 5.32 Å². The minimum absolute atomic E-state index is 0.163. The van der Waals surface area contributed by atoms with E-state index in [1.165, 1.54) is 23.4 Å². The van der Waals surface area contributed by atoms with Crippen molar-refractivity contribution in [3.05, 3.63) is 71.8 Å². The van der Waals surface area contributed by atoms with Crippen LogP contribution in [-0.2, 0) is 11.3 Å². The van der Waals surface area contributed by atoms with Gasteiger partial charge in [-0.1, -0.05) is 47.7 Å². The van der Waals surface area contributed by atoms with E-state index in [0.29, 0.717) is 10.7 Å². The zero-order chi connectivity index (χ0) is 17.6. The second-order valence-corrected chi connectivity index (χ2v) is 6.42. The van der Waals surface area contributed by atoms with E-state index in [-0.39, 0.29) is 24.0 Å². The molecule has 1 N–H and O–H groups in total. The fourth-order valence-corrected chi connectivity index (χ4v) is 2.98. The molecule has 3 aromatic rings. The lowest BCUT2D eigenvalue weighted by Gasteiger charge is -2.08. The summed E-state index contributed by atoms with van der Waals surface area (Å²) in [7, 11) is 0. The number of carbonyl (C=O) groups is 1. The van der Waals surface area contributed by atoms with Crippen LogP contribution in [0.2, 0.25) is 0 Å². The second-order valence-electron chi connectivity index (χ2n) is 5.48. The Balaban J connectivity index is 1.57. The Kier molecular flexibility index (Phi) is 5.45. The van der Waals surface area contributed by atoms with Crippen LogP contribution in [-0.4, -0.2) is 26.4 Å². The Bertz CT molecular complexity index is 864. The number of rotatable bonds is 6. The Hall–Kier alpha value is -2.67. The van der Waals surface area contributed by atoms with Gasteiger partial charge in [0.05, 0.1) is 5.75 Å². The molecular weight excluding hydrogens is 339 g/mol. The van der Waals surface area contributed by atoms with E-state index in [4.69, 9.17) is 0 Å². The lowest BCUT2D eigenvalue weighted by molar-refractivity contribution is -0.118. The molecule has 1 amide bonds. The third-order valence-corrected chi connectivity index (χ3v) is 4.54. The van der Waals surface area contributed by atoms with Crippen molar-refractivity contribution >= 4 is 17.7 Å². The van der Waals surface area contributed by atoms with E-state index in [1.807, 2.05) is 35.8 Å². The largest absolute Gasteiger partial charge is 0.351 e. The first-order chi connectivity index (χ1) is 12.1. The summed E-state index contributed by atoms with van der Waals surface area (Å²) in [6, 6.07) is 14.3. The van der Waals surface area contributed by atoms with E-state index in [2.05, 4.69) is 15.5 Å². The molecular formula is C18H17FN4OS. The molecule has 5 nitrogen and oxygen atoms in total. The number of halogens is 1. The molecule has 2 aromatic carbocycles. The van der Waals surface area contributed by atoms with Gasteiger partial charge in [-0.25, -0.2) is 4.39 Å². The van der Waals surface area contributed by atoms with Gasteiger partial charge in [0.15, 0.2) is 5.16 Å². The van der Waals surface area contributed by atoms with Gasteiger partial charge in [-0.3, -0.25) is 9.36 Å². The molecule has 0 bridgehead atoms. The van der Waals surface area contributed by atoms with Gasteiger partial charge in [-0.2, -0.15) is 0 Å². The summed E-state index contributed by atoms with van der Waals surface area (Å²) in [5.41, 5.74) is 2.56. The number of aryl methyl sites for hydroxylation is 1. The van der Waals surface area contributed by atoms with Crippen molar-refractivity contribution in [2.45, 2.75) is 18.6 Å². The first-order valence-corrected chi connectivity index (χ1v) is 8.72. The molecule has 0 atom stereocenters. The predicted octanol–water partition coefficient (Wildman–Crippen LogP) is 3.12. The fourth-order valence-electron chi connectivity index (χ4n) is 2.22. The molecule has 1 heterocycles. The van der Waals surface area contributed by atoms with Crippen LogP contribution in [0, 0.1) is 12.7 Å². The van der Waals surface area contributed by atoms with E-state index in [9.17, 15) is 9.18 Å². The number of carbonyl (C=O) groups excluding carboxylic acids is 1. The third-order valence-electron chi connectivity index (χ3n) is 3.59. The van der Waals surface area contributed by atoms with Crippen LogP contribution in [0.3, 0.4) is 0 Å². The maximum atomic E-state index is 13.5. The lowest BCUT2D eigenvalue weighted by atomic mass is 10.2.